The minimum atomic E-state index is 0.405. The maximum Gasteiger partial charge on any atom is 0.124 e. The first kappa shape index (κ1) is 16.3. The highest BCUT2D eigenvalue weighted by Crippen LogP contribution is 2.30. The monoisotopic (exact) mass is 291 g/mol. The Hall–Kier alpha value is -1.06. The van der Waals surface area contributed by atoms with Crippen LogP contribution in [0.3, 0.4) is 0 Å². The zero-order valence-corrected chi connectivity index (χ0v) is 13.9. The van der Waals surface area contributed by atoms with Crippen molar-refractivity contribution in [3.05, 3.63) is 28.8 Å². The SMILES string of the molecule is CCNC(CCC1CCCO1)c1cc(C)c(OC)c(C)c1. The molecule has 0 amide bonds. The number of methoxy groups -OCH3 is 1. The summed E-state index contributed by atoms with van der Waals surface area (Å²) in [5.41, 5.74) is 3.80. The molecular formula is C18H29NO2. The third-order valence-corrected chi connectivity index (χ3v) is 4.34. The molecule has 1 aliphatic heterocycles. The molecule has 1 fully saturated rings. The van der Waals surface area contributed by atoms with Crippen molar-refractivity contribution in [1.82, 2.24) is 5.32 Å². The maximum atomic E-state index is 5.75. The number of aryl methyl sites for hydroxylation is 2. The fraction of sp³-hybridized carbons (Fsp3) is 0.667. The van der Waals surface area contributed by atoms with Crippen LogP contribution in [0.2, 0.25) is 0 Å². The molecule has 1 aromatic carbocycles. The zero-order chi connectivity index (χ0) is 15.2. The van der Waals surface area contributed by atoms with Gasteiger partial charge in [0.25, 0.3) is 0 Å². The molecule has 0 aromatic heterocycles. The minimum Gasteiger partial charge on any atom is -0.496 e. The average Bonchev–Trinajstić information content (AvgIpc) is 2.96. The quantitative estimate of drug-likeness (QED) is 0.826. The third kappa shape index (κ3) is 4.21. The van der Waals surface area contributed by atoms with E-state index >= 15 is 0 Å². The molecule has 1 N–H and O–H groups in total. The van der Waals surface area contributed by atoms with Gasteiger partial charge in [0.2, 0.25) is 0 Å². The van der Waals surface area contributed by atoms with Crippen LogP contribution in [-0.2, 0) is 4.74 Å². The Morgan fingerprint density at radius 3 is 2.57 bits per heavy atom. The van der Waals surface area contributed by atoms with E-state index in [4.69, 9.17) is 9.47 Å². The first-order valence-corrected chi connectivity index (χ1v) is 8.15. The Kier molecular flexibility index (Phi) is 6.07. The molecule has 21 heavy (non-hydrogen) atoms. The normalized spacial score (nSPS) is 19.7. The van der Waals surface area contributed by atoms with Gasteiger partial charge in [-0.3, -0.25) is 0 Å². The summed E-state index contributed by atoms with van der Waals surface area (Å²) in [6.45, 7) is 8.34. The number of ether oxygens (including phenoxy) is 2. The van der Waals surface area contributed by atoms with Crippen LogP contribution >= 0.6 is 0 Å². The van der Waals surface area contributed by atoms with Gasteiger partial charge in [0.15, 0.2) is 0 Å². The molecule has 2 rings (SSSR count). The van der Waals surface area contributed by atoms with E-state index in [1.807, 2.05) is 0 Å². The van der Waals surface area contributed by atoms with Gasteiger partial charge in [0, 0.05) is 12.6 Å². The maximum absolute atomic E-state index is 5.75. The van der Waals surface area contributed by atoms with Gasteiger partial charge in [-0.15, -0.1) is 0 Å². The van der Waals surface area contributed by atoms with E-state index in [0.29, 0.717) is 12.1 Å². The molecule has 1 saturated heterocycles. The fourth-order valence-corrected chi connectivity index (χ4v) is 3.36. The summed E-state index contributed by atoms with van der Waals surface area (Å²) in [5, 5.41) is 3.62. The van der Waals surface area contributed by atoms with Crippen molar-refractivity contribution in [3.63, 3.8) is 0 Å². The van der Waals surface area contributed by atoms with Crippen LogP contribution in [0.5, 0.6) is 5.75 Å². The summed E-state index contributed by atoms with van der Waals surface area (Å²) in [6.07, 6.45) is 5.18. The van der Waals surface area contributed by atoms with Crippen molar-refractivity contribution in [3.8, 4) is 5.75 Å². The second-order valence-corrected chi connectivity index (χ2v) is 6.01. The Morgan fingerprint density at radius 1 is 1.33 bits per heavy atom. The molecule has 0 bridgehead atoms. The van der Waals surface area contributed by atoms with Gasteiger partial charge in [0.05, 0.1) is 13.2 Å². The topological polar surface area (TPSA) is 30.5 Å². The van der Waals surface area contributed by atoms with Crippen LogP contribution in [-0.4, -0.2) is 26.4 Å². The third-order valence-electron chi connectivity index (χ3n) is 4.34. The predicted octanol–water partition coefficient (Wildman–Crippen LogP) is 3.92. The first-order valence-electron chi connectivity index (χ1n) is 8.15. The van der Waals surface area contributed by atoms with Gasteiger partial charge < -0.3 is 14.8 Å². The smallest absolute Gasteiger partial charge is 0.124 e. The first-order chi connectivity index (χ1) is 10.2. The number of hydrogen-bond acceptors (Lipinski definition) is 3. The average molecular weight is 291 g/mol. The lowest BCUT2D eigenvalue weighted by Crippen LogP contribution is -2.22. The van der Waals surface area contributed by atoms with E-state index in [1.165, 1.54) is 29.5 Å². The van der Waals surface area contributed by atoms with Crippen molar-refractivity contribution in [2.24, 2.45) is 0 Å². The fourth-order valence-electron chi connectivity index (χ4n) is 3.36. The van der Waals surface area contributed by atoms with Crippen LogP contribution in [0, 0.1) is 13.8 Å². The molecule has 0 saturated carbocycles. The molecule has 2 unspecified atom stereocenters. The highest BCUT2D eigenvalue weighted by atomic mass is 16.5. The van der Waals surface area contributed by atoms with Gasteiger partial charge in [0.1, 0.15) is 5.75 Å². The Bertz CT molecular complexity index is 430. The van der Waals surface area contributed by atoms with Gasteiger partial charge in [-0.05, 0) is 62.8 Å². The molecule has 0 aliphatic carbocycles. The van der Waals surface area contributed by atoms with E-state index < -0.39 is 0 Å². The lowest BCUT2D eigenvalue weighted by molar-refractivity contribution is 0.0996. The van der Waals surface area contributed by atoms with Crippen LogP contribution in [0.4, 0.5) is 0 Å². The molecule has 1 aromatic rings. The highest BCUT2D eigenvalue weighted by molar-refractivity contribution is 5.44. The number of nitrogens with one attached hydrogen (secondary N) is 1. The molecule has 1 heterocycles. The van der Waals surface area contributed by atoms with Crippen molar-refractivity contribution < 1.29 is 9.47 Å². The van der Waals surface area contributed by atoms with Crippen LogP contribution in [0.15, 0.2) is 12.1 Å². The van der Waals surface area contributed by atoms with Gasteiger partial charge in [-0.1, -0.05) is 19.1 Å². The second-order valence-electron chi connectivity index (χ2n) is 6.01. The largest absolute Gasteiger partial charge is 0.496 e. The molecule has 0 spiro atoms. The molecule has 0 radical (unpaired) electrons. The van der Waals surface area contributed by atoms with Crippen molar-refractivity contribution in [1.29, 1.82) is 0 Å². The molecule has 3 heteroatoms. The van der Waals surface area contributed by atoms with Crippen LogP contribution in [0.25, 0.3) is 0 Å². The van der Waals surface area contributed by atoms with Crippen LogP contribution < -0.4 is 10.1 Å². The summed E-state index contributed by atoms with van der Waals surface area (Å²) in [5.74, 6) is 1.01. The van der Waals surface area contributed by atoms with E-state index in [1.54, 1.807) is 7.11 Å². The Balaban J connectivity index is 2.09. The summed E-state index contributed by atoms with van der Waals surface area (Å²) in [7, 11) is 1.74. The van der Waals surface area contributed by atoms with Crippen LogP contribution in [0.1, 0.15) is 55.3 Å². The number of benzene rings is 1. The van der Waals surface area contributed by atoms with Gasteiger partial charge in [-0.2, -0.15) is 0 Å². The van der Waals surface area contributed by atoms with Crippen molar-refractivity contribution in [2.75, 3.05) is 20.3 Å². The summed E-state index contributed by atoms with van der Waals surface area (Å²) in [6, 6.07) is 4.92. The molecule has 2 atom stereocenters. The summed E-state index contributed by atoms with van der Waals surface area (Å²) < 4.78 is 11.2. The summed E-state index contributed by atoms with van der Waals surface area (Å²) in [4.78, 5) is 0. The predicted molar refractivity (Wildman–Crippen MR) is 87.1 cm³/mol. The lowest BCUT2D eigenvalue weighted by Gasteiger charge is -2.22. The number of hydrogen-bond donors (Lipinski definition) is 1. The highest BCUT2D eigenvalue weighted by Gasteiger charge is 2.19. The zero-order valence-electron chi connectivity index (χ0n) is 13.9. The van der Waals surface area contributed by atoms with E-state index in [9.17, 15) is 0 Å². The van der Waals surface area contributed by atoms with Crippen molar-refractivity contribution >= 4 is 0 Å². The van der Waals surface area contributed by atoms with E-state index in [2.05, 4.69) is 38.2 Å². The molecule has 1 aliphatic rings. The van der Waals surface area contributed by atoms with Crippen molar-refractivity contribution in [2.45, 2.75) is 58.6 Å². The Labute approximate surface area is 129 Å². The minimum absolute atomic E-state index is 0.405. The molecule has 118 valence electrons. The summed E-state index contributed by atoms with van der Waals surface area (Å²) >= 11 is 0. The van der Waals surface area contributed by atoms with E-state index in [0.717, 1.165) is 31.7 Å². The number of rotatable bonds is 7. The van der Waals surface area contributed by atoms with E-state index in [-0.39, 0.29) is 0 Å². The molecular weight excluding hydrogens is 262 g/mol. The Morgan fingerprint density at radius 2 is 2.05 bits per heavy atom. The lowest BCUT2D eigenvalue weighted by atomic mass is 9.95. The molecule has 3 nitrogen and oxygen atoms in total. The standard InChI is InChI=1S/C18H29NO2/c1-5-19-17(9-8-16-7-6-10-21-16)15-11-13(2)18(20-4)14(3)12-15/h11-12,16-17,19H,5-10H2,1-4H3. The van der Waals surface area contributed by atoms with Gasteiger partial charge in [-0.25, -0.2) is 0 Å². The van der Waals surface area contributed by atoms with Gasteiger partial charge >= 0.3 is 0 Å². The second kappa shape index (κ2) is 7.81.